The van der Waals surface area contributed by atoms with Gasteiger partial charge in [-0.15, -0.1) is 0 Å². The average Bonchev–Trinajstić information content (AvgIpc) is 2.99. The molecule has 1 heterocycles. The molecular formula is C18H22N2O5S. The normalized spacial score (nSPS) is 18.1. The lowest BCUT2D eigenvalue weighted by molar-refractivity contribution is -0.136. The highest BCUT2D eigenvalue weighted by atomic mass is 32.2. The molecule has 1 atom stereocenters. The summed E-state index contributed by atoms with van der Waals surface area (Å²) < 4.78 is 28.5. The fourth-order valence-electron chi connectivity index (χ4n) is 2.83. The Morgan fingerprint density at radius 3 is 2.54 bits per heavy atom. The first kappa shape index (κ1) is 19.9. The Kier molecular flexibility index (Phi) is 6.75. The summed E-state index contributed by atoms with van der Waals surface area (Å²) in [5.74, 6) is -0.996. The Balaban J connectivity index is 1.97. The predicted octanol–water partition coefficient (Wildman–Crippen LogP) is 1.53. The zero-order valence-electron chi connectivity index (χ0n) is 14.7. The maximum atomic E-state index is 12.5. The van der Waals surface area contributed by atoms with Gasteiger partial charge in [-0.1, -0.05) is 13.3 Å². The van der Waals surface area contributed by atoms with Gasteiger partial charge in [0.05, 0.1) is 28.7 Å². The minimum atomic E-state index is -3.11. The highest BCUT2D eigenvalue weighted by Crippen LogP contribution is 2.19. The third-order valence-corrected chi connectivity index (χ3v) is 6.05. The molecule has 0 radical (unpaired) electrons. The Bertz CT molecular complexity index is 796. The number of carbonyl (C=O) groups is 2. The lowest BCUT2D eigenvalue weighted by atomic mass is 10.1. The van der Waals surface area contributed by atoms with E-state index in [0.29, 0.717) is 18.5 Å². The van der Waals surface area contributed by atoms with Gasteiger partial charge >= 0.3 is 5.97 Å². The number of amides is 1. The molecule has 8 heteroatoms. The highest BCUT2D eigenvalue weighted by Gasteiger charge is 2.34. The second kappa shape index (κ2) is 8.81. The number of ether oxygens (including phenoxy) is 1. The van der Waals surface area contributed by atoms with Crippen LogP contribution in [-0.4, -0.2) is 55.9 Å². The fraction of sp³-hybridized carbons (Fsp3) is 0.500. The van der Waals surface area contributed by atoms with Crippen LogP contribution in [0.25, 0.3) is 0 Å². The van der Waals surface area contributed by atoms with Gasteiger partial charge in [-0.05, 0) is 37.1 Å². The molecule has 140 valence electrons. The van der Waals surface area contributed by atoms with Gasteiger partial charge in [0.25, 0.3) is 5.91 Å². The lowest BCUT2D eigenvalue weighted by Gasteiger charge is -2.28. The Hall–Kier alpha value is -2.40. The first-order chi connectivity index (χ1) is 12.4. The van der Waals surface area contributed by atoms with Crippen LogP contribution in [0.4, 0.5) is 0 Å². The SMILES string of the molecule is CCCCN(C(=O)COC(=O)c1ccc(C#N)cc1)[C@@H]1CCS(=O)(=O)C1. The van der Waals surface area contributed by atoms with Crippen molar-refractivity contribution < 1.29 is 22.7 Å². The molecule has 0 aliphatic carbocycles. The molecule has 0 unspecified atom stereocenters. The molecule has 0 saturated carbocycles. The Morgan fingerprint density at radius 2 is 2.00 bits per heavy atom. The number of carbonyl (C=O) groups excluding carboxylic acids is 2. The van der Waals surface area contributed by atoms with E-state index in [1.807, 2.05) is 13.0 Å². The third-order valence-electron chi connectivity index (χ3n) is 4.30. The summed E-state index contributed by atoms with van der Waals surface area (Å²) in [6.45, 7) is 2.00. The number of benzene rings is 1. The van der Waals surface area contributed by atoms with Crippen molar-refractivity contribution in [3.05, 3.63) is 35.4 Å². The van der Waals surface area contributed by atoms with Crippen molar-refractivity contribution in [2.24, 2.45) is 0 Å². The lowest BCUT2D eigenvalue weighted by Crippen LogP contribution is -2.43. The summed E-state index contributed by atoms with van der Waals surface area (Å²) >= 11 is 0. The number of nitriles is 1. The van der Waals surface area contributed by atoms with Gasteiger partial charge in [-0.2, -0.15) is 5.26 Å². The minimum Gasteiger partial charge on any atom is -0.452 e. The largest absolute Gasteiger partial charge is 0.452 e. The Morgan fingerprint density at radius 1 is 1.31 bits per heavy atom. The van der Waals surface area contributed by atoms with Gasteiger partial charge in [0, 0.05) is 12.6 Å². The quantitative estimate of drug-likeness (QED) is 0.667. The molecule has 1 aromatic rings. The van der Waals surface area contributed by atoms with E-state index in [1.54, 1.807) is 0 Å². The maximum absolute atomic E-state index is 12.5. The van der Waals surface area contributed by atoms with Crippen LogP contribution in [0.3, 0.4) is 0 Å². The number of hydrogen-bond donors (Lipinski definition) is 0. The van der Waals surface area contributed by atoms with E-state index in [9.17, 15) is 18.0 Å². The van der Waals surface area contributed by atoms with Crippen LogP contribution < -0.4 is 0 Å². The molecule has 1 aliphatic heterocycles. The zero-order chi connectivity index (χ0) is 19.2. The van der Waals surface area contributed by atoms with Crippen molar-refractivity contribution >= 4 is 21.7 Å². The topological polar surface area (TPSA) is 105 Å². The van der Waals surface area contributed by atoms with Crippen LogP contribution in [0.1, 0.15) is 42.1 Å². The molecule has 0 aromatic heterocycles. The van der Waals surface area contributed by atoms with Gasteiger partial charge in [0.15, 0.2) is 16.4 Å². The van der Waals surface area contributed by atoms with Gasteiger partial charge in [-0.25, -0.2) is 13.2 Å². The monoisotopic (exact) mass is 378 g/mol. The number of rotatable bonds is 7. The number of sulfone groups is 1. The second-order valence-corrected chi connectivity index (χ2v) is 8.49. The third kappa shape index (κ3) is 5.30. The first-order valence-electron chi connectivity index (χ1n) is 8.53. The fourth-order valence-corrected chi connectivity index (χ4v) is 4.57. The van der Waals surface area contributed by atoms with Crippen molar-refractivity contribution in [2.45, 2.75) is 32.2 Å². The van der Waals surface area contributed by atoms with Crippen LogP contribution in [-0.2, 0) is 19.4 Å². The standard InChI is InChI=1S/C18H22N2O5S/c1-2-3-9-20(16-8-10-26(23,24)13-16)17(21)12-25-18(22)15-6-4-14(11-19)5-7-15/h4-7,16H,2-3,8-10,12-13H2,1H3/t16-/m1/s1. The van der Waals surface area contributed by atoms with Crippen molar-refractivity contribution in [1.29, 1.82) is 5.26 Å². The average molecular weight is 378 g/mol. The number of unbranched alkanes of at least 4 members (excludes halogenated alkanes) is 1. The molecule has 1 amide bonds. The molecule has 1 aromatic carbocycles. The molecule has 2 rings (SSSR count). The van der Waals surface area contributed by atoms with Crippen molar-refractivity contribution in [3.8, 4) is 6.07 Å². The molecular weight excluding hydrogens is 356 g/mol. The van der Waals surface area contributed by atoms with Gasteiger partial charge < -0.3 is 9.64 Å². The summed E-state index contributed by atoms with van der Waals surface area (Å²) in [6, 6.07) is 7.51. The number of hydrogen-bond acceptors (Lipinski definition) is 6. The minimum absolute atomic E-state index is 0.0357. The van der Waals surface area contributed by atoms with Crippen molar-refractivity contribution in [1.82, 2.24) is 4.90 Å². The summed E-state index contributed by atoms with van der Waals surface area (Å²) in [5.41, 5.74) is 0.672. The van der Waals surface area contributed by atoms with Crippen molar-refractivity contribution in [3.63, 3.8) is 0 Å². The smallest absolute Gasteiger partial charge is 0.338 e. The zero-order valence-corrected chi connectivity index (χ0v) is 15.5. The summed E-state index contributed by atoms with van der Waals surface area (Å²) in [5, 5.41) is 8.76. The molecule has 0 bridgehead atoms. The molecule has 7 nitrogen and oxygen atoms in total. The molecule has 1 fully saturated rings. The van der Waals surface area contributed by atoms with Gasteiger partial charge in [-0.3, -0.25) is 4.79 Å². The van der Waals surface area contributed by atoms with Crippen LogP contribution >= 0.6 is 0 Å². The predicted molar refractivity (Wildman–Crippen MR) is 95.1 cm³/mol. The first-order valence-corrected chi connectivity index (χ1v) is 10.4. The van der Waals surface area contributed by atoms with Crippen LogP contribution in [0.5, 0.6) is 0 Å². The molecule has 1 aliphatic rings. The van der Waals surface area contributed by atoms with E-state index in [-0.39, 0.29) is 29.0 Å². The Labute approximate surface area is 153 Å². The molecule has 1 saturated heterocycles. The van der Waals surface area contributed by atoms with Gasteiger partial charge in [0.1, 0.15) is 0 Å². The van der Waals surface area contributed by atoms with Gasteiger partial charge in [0.2, 0.25) is 0 Å². The van der Waals surface area contributed by atoms with Crippen LogP contribution in [0, 0.1) is 11.3 Å². The number of esters is 1. The molecule has 0 N–H and O–H groups in total. The highest BCUT2D eigenvalue weighted by molar-refractivity contribution is 7.91. The van der Waals surface area contributed by atoms with E-state index < -0.39 is 22.4 Å². The van der Waals surface area contributed by atoms with Crippen LogP contribution in [0.15, 0.2) is 24.3 Å². The van der Waals surface area contributed by atoms with Crippen LogP contribution in [0.2, 0.25) is 0 Å². The van der Waals surface area contributed by atoms with E-state index in [2.05, 4.69) is 0 Å². The van der Waals surface area contributed by atoms with E-state index in [4.69, 9.17) is 10.00 Å². The van der Waals surface area contributed by atoms with E-state index in [0.717, 1.165) is 12.8 Å². The summed E-state index contributed by atoms with van der Waals surface area (Å²) in [6.07, 6.45) is 2.04. The van der Waals surface area contributed by atoms with E-state index >= 15 is 0 Å². The van der Waals surface area contributed by atoms with E-state index in [1.165, 1.54) is 29.2 Å². The molecule has 26 heavy (non-hydrogen) atoms. The summed E-state index contributed by atoms with van der Waals surface area (Å²) in [7, 11) is -3.11. The molecule has 0 spiro atoms. The summed E-state index contributed by atoms with van der Waals surface area (Å²) in [4.78, 5) is 26.1. The second-order valence-electron chi connectivity index (χ2n) is 6.26. The maximum Gasteiger partial charge on any atom is 0.338 e. The van der Waals surface area contributed by atoms with Crippen molar-refractivity contribution in [2.75, 3.05) is 24.7 Å². The number of nitrogens with zero attached hydrogens (tertiary/aromatic N) is 2.